The van der Waals surface area contributed by atoms with Crippen molar-refractivity contribution in [2.75, 3.05) is 18.1 Å². The summed E-state index contributed by atoms with van der Waals surface area (Å²) in [6, 6.07) is 6.67. The molecule has 25 heavy (non-hydrogen) atoms. The van der Waals surface area contributed by atoms with Crippen molar-refractivity contribution in [1.82, 2.24) is 4.90 Å². The molecule has 0 aliphatic carbocycles. The summed E-state index contributed by atoms with van der Waals surface area (Å²) in [6.45, 7) is 4.53. The van der Waals surface area contributed by atoms with E-state index in [0.29, 0.717) is 18.8 Å². The lowest BCUT2D eigenvalue weighted by Gasteiger charge is -2.28. The first-order valence-corrected chi connectivity index (χ1v) is 8.85. The van der Waals surface area contributed by atoms with Crippen molar-refractivity contribution in [3.63, 3.8) is 0 Å². The Morgan fingerprint density at radius 1 is 1.28 bits per heavy atom. The molecule has 2 aliphatic heterocycles. The molecule has 3 rings (SSSR count). The molecular weight excluding hydrogens is 320 g/mol. The van der Waals surface area contributed by atoms with Crippen molar-refractivity contribution in [1.29, 1.82) is 0 Å². The molecule has 0 radical (unpaired) electrons. The van der Waals surface area contributed by atoms with Gasteiger partial charge in [0.15, 0.2) is 0 Å². The van der Waals surface area contributed by atoms with E-state index in [9.17, 15) is 14.4 Å². The van der Waals surface area contributed by atoms with E-state index in [1.54, 1.807) is 12.1 Å². The molecule has 2 unspecified atom stereocenters. The van der Waals surface area contributed by atoms with Crippen molar-refractivity contribution < 1.29 is 19.1 Å². The standard InChI is InChI=1S/C19H24N2O4/c1-3-14-6-8-15(9-7-14)21-18(23)11-17(19(21)24)20(13(2)22)12-16-5-4-10-25-16/h6-9,16-17H,3-5,10-12H2,1-2H3. The first kappa shape index (κ1) is 17.6. The summed E-state index contributed by atoms with van der Waals surface area (Å²) in [7, 11) is 0. The van der Waals surface area contributed by atoms with Gasteiger partial charge in [0.2, 0.25) is 11.8 Å². The highest BCUT2D eigenvalue weighted by molar-refractivity contribution is 6.22. The molecule has 0 spiro atoms. The summed E-state index contributed by atoms with van der Waals surface area (Å²) < 4.78 is 5.59. The molecule has 2 atom stereocenters. The third-order valence-corrected chi connectivity index (χ3v) is 4.93. The Labute approximate surface area is 147 Å². The van der Waals surface area contributed by atoms with E-state index in [2.05, 4.69) is 0 Å². The molecule has 2 heterocycles. The number of amides is 3. The SMILES string of the molecule is CCc1ccc(N2C(=O)CC(N(CC3CCCO3)C(C)=O)C2=O)cc1. The van der Waals surface area contributed by atoms with Gasteiger partial charge in [-0.25, -0.2) is 4.90 Å². The number of nitrogens with zero attached hydrogens (tertiary/aromatic N) is 2. The predicted molar refractivity (Wildman–Crippen MR) is 93.1 cm³/mol. The summed E-state index contributed by atoms with van der Waals surface area (Å²) in [4.78, 5) is 40.1. The lowest BCUT2D eigenvalue weighted by atomic mass is 10.1. The number of hydrogen-bond donors (Lipinski definition) is 0. The molecule has 3 amide bonds. The van der Waals surface area contributed by atoms with Gasteiger partial charge in [-0.3, -0.25) is 14.4 Å². The fourth-order valence-corrected chi connectivity index (χ4v) is 3.49. The van der Waals surface area contributed by atoms with Gasteiger partial charge in [-0.05, 0) is 37.0 Å². The minimum atomic E-state index is -0.736. The third-order valence-electron chi connectivity index (χ3n) is 4.93. The Hall–Kier alpha value is -2.21. The van der Waals surface area contributed by atoms with Gasteiger partial charge in [0.05, 0.1) is 18.2 Å². The van der Waals surface area contributed by atoms with E-state index < -0.39 is 6.04 Å². The van der Waals surface area contributed by atoms with Crippen LogP contribution in [0.25, 0.3) is 0 Å². The minimum absolute atomic E-state index is 0.0284. The summed E-state index contributed by atoms with van der Waals surface area (Å²) in [6.07, 6.45) is 2.71. The maximum Gasteiger partial charge on any atom is 0.257 e. The highest BCUT2D eigenvalue weighted by Crippen LogP contribution is 2.27. The van der Waals surface area contributed by atoms with Crippen LogP contribution in [0.4, 0.5) is 5.69 Å². The van der Waals surface area contributed by atoms with Gasteiger partial charge in [-0.2, -0.15) is 0 Å². The number of carbonyl (C=O) groups is 3. The average Bonchev–Trinajstić information content (AvgIpc) is 3.20. The third kappa shape index (κ3) is 3.58. The lowest BCUT2D eigenvalue weighted by molar-refractivity contribution is -0.138. The van der Waals surface area contributed by atoms with Crippen LogP contribution in [0, 0.1) is 0 Å². The van der Waals surface area contributed by atoms with Gasteiger partial charge in [0.1, 0.15) is 6.04 Å². The molecule has 6 nitrogen and oxygen atoms in total. The largest absolute Gasteiger partial charge is 0.376 e. The topological polar surface area (TPSA) is 66.9 Å². The summed E-state index contributed by atoms with van der Waals surface area (Å²) in [5.74, 6) is -0.801. The van der Waals surface area contributed by atoms with Gasteiger partial charge >= 0.3 is 0 Å². The molecule has 0 bridgehead atoms. The van der Waals surface area contributed by atoms with Crippen molar-refractivity contribution in [2.24, 2.45) is 0 Å². The van der Waals surface area contributed by atoms with Crippen LogP contribution in [0.2, 0.25) is 0 Å². The fraction of sp³-hybridized carbons (Fsp3) is 0.526. The molecule has 1 aromatic carbocycles. The Bertz CT molecular complexity index is 665. The van der Waals surface area contributed by atoms with Crippen LogP contribution in [0.15, 0.2) is 24.3 Å². The smallest absolute Gasteiger partial charge is 0.257 e. The lowest BCUT2D eigenvalue weighted by Crippen LogP contribution is -2.47. The maximum absolute atomic E-state index is 12.9. The highest BCUT2D eigenvalue weighted by atomic mass is 16.5. The van der Waals surface area contributed by atoms with Gasteiger partial charge in [-0.1, -0.05) is 19.1 Å². The Kier molecular flexibility index (Phi) is 5.18. The van der Waals surface area contributed by atoms with Gasteiger partial charge < -0.3 is 9.64 Å². The molecule has 2 saturated heterocycles. The molecule has 2 aliphatic rings. The highest BCUT2D eigenvalue weighted by Gasteiger charge is 2.44. The van der Waals surface area contributed by atoms with E-state index in [1.165, 1.54) is 16.7 Å². The maximum atomic E-state index is 12.9. The van der Waals surface area contributed by atoms with Crippen LogP contribution in [-0.4, -0.2) is 47.9 Å². The second kappa shape index (κ2) is 7.35. The molecule has 0 aromatic heterocycles. The molecule has 2 fully saturated rings. The van der Waals surface area contributed by atoms with Crippen molar-refractivity contribution in [3.05, 3.63) is 29.8 Å². The number of anilines is 1. The predicted octanol–water partition coefficient (Wildman–Crippen LogP) is 1.91. The second-order valence-corrected chi connectivity index (χ2v) is 6.61. The second-order valence-electron chi connectivity index (χ2n) is 6.61. The van der Waals surface area contributed by atoms with Crippen LogP contribution in [0.1, 0.15) is 38.7 Å². The Morgan fingerprint density at radius 3 is 2.56 bits per heavy atom. The molecule has 0 N–H and O–H groups in total. The number of hydrogen-bond acceptors (Lipinski definition) is 4. The average molecular weight is 344 g/mol. The van der Waals surface area contributed by atoms with E-state index in [-0.39, 0.29) is 30.2 Å². The zero-order chi connectivity index (χ0) is 18.0. The molecular formula is C19H24N2O4. The van der Waals surface area contributed by atoms with Crippen molar-refractivity contribution >= 4 is 23.4 Å². The summed E-state index contributed by atoms with van der Waals surface area (Å²) >= 11 is 0. The van der Waals surface area contributed by atoms with Crippen LogP contribution < -0.4 is 4.90 Å². The zero-order valence-electron chi connectivity index (χ0n) is 14.7. The van der Waals surface area contributed by atoms with E-state index in [1.807, 2.05) is 19.1 Å². The number of benzene rings is 1. The quantitative estimate of drug-likeness (QED) is 0.765. The van der Waals surface area contributed by atoms with E-state index in [4.69, 9.17) is 4.74 Å². The monoisotopic (exact) mass is 344 g/mol. The summed E-state index contributed by atoms with van der Waals surface area (Å²) in [5.41, 5.74) is 1.71. The van der Waals surface area contributed by atoms with Gasteiger partial charge in [-0.15, -0.1) is 0 Å². The van der Waals surface area contributed by atoms with E-state index in [0.717, 1.165) is 24.8 Å². The first-order chi connectivity index (χ1) is 12.0. The normalized spacial score (nSPS) is 23.4. The van der Waals surface area contributed by atoms with Crippen LogP contribution in [-0.2, 0) is 25.5 Å². The van der Waals surface area contributed by atoms with E-state index >= 15 is 0 Å². The van der Waals surface area contributed by atoms with Crippen molar-refractivity contribution in [2.45, 2.75) is 51.7 Å². The first-order valence-electron chi connectivity index (χ1n) is 8.85. The van der Waals surface area contributed by atoms with Crippen molar-refractivity contribution in [3.8, 4) is 0 Å². The molecule has 134 valence electrons. The Balaban J connectivity index is 1.79. The zero-order valence-corrected chi connectivity index (χ0v) is 14.7. The number of carbonyl (C=O) groups excluding carboxylic acids is 3. The molecule has 0 saturated carbocycles. The van der Waals surface area contributed by atoms with Crippen LogP contribution in [0.3, 0.4) is 0 Å². The number of rotatable bonds is 5. The summed E-state index contributed by atoms with van der Waals surface area (Å²) in [5, 5.41) is 0. The number of ether oxygens (including phenoxy) is 1. The minimum Gasteiger partial charge on any atom is -0.376 e. The molecule has 6 heteroatoms. The number of aryl methyl sites for hydroxylation is 1. The fourth-order valence-electron chi connectivity index (χ4n) is 3.49. The molecule has 1 aromatic rings. The van der Waals surface area contributed by atoms with Gasteiger partial charge in [0.25, 0.3) is 5.91 Å². The van der Waals surface area contributed by atoms with Crippen LogP contribution >= 0.6 is 0 Å². The Morgan fingerprint density at radius 2 is 2.00 bits per heavy atom. The number of imide groups is 1. The van der Waals surface area contributed by atoms with Crippen LogP contribution in [0.5, 0.6) is 0 Å². The van der Waals surface area contributed by atoms with Gasteiger partial charge in [0, 0.05) is 20.1 Å².